The van der Waals surface area contributed by atoms with Crippen molar-refractivity contribution in [3.63, 3.8) is 0 Å². The Kier molecular flexibility index (Phi) is 5.25. The molecule has 0 amide bonds. The maximum Gasteiger partial charge on any atom is 0.160 e. The molecule has 0 radical (unpaired) electrons. The normalized spacial score (nSPS) is 22.1. The third kappa shape index (κ3) is 4.07. The fourth-order valence-electron chi connectivity index (χ4n) is 2.65. The third-order valence-corrected chi connectivity index (χ3v) is 4.84. The van der Waals surface area contributed by atoms with Gasteiger partial charge in [-0.3, -0.25) is 0 Å². The van der Waals surface area contributed by atoms with Gasteiger partial charge in [0.15, 0.2) is 11.5 Å². The molecule has 4 N–H and O–H groups in total. The van der Waals surface area contributed by atoms with Gasteiger partial charge in [0.25, 0.3) is 0 Å². The summed E-state index contributed by atoms with van der Waals surface area (Å²) in [6, 6.07) is 5.45. The van der Waals surface area contributed by atoms with Gasteiger partial charge in [-0.1, -0.05) is 22.0 Å². The topological polar surface area (TPSA) is 76.7 Å². The monoisotopic (exact) mass is 380 g/mol. The number of nitrogens with two attached hydrogens (primary N) is 1. The number of ether oxygens (including phenoxy) is 2. The summed E-state index contributed by atoms with van der Waals surface area (Å²) < 4.78 is 12.0. The second-order valence-corrected chi connectivity index (χ2v) is 6.74. The molecule has 1 unspecified atom stereocenters. The Balaban J connectivity index is 1.66. The van der Waals surface area contributed by atoms with Gasteiger partial charge in [0.1, 0.15) is 6.17 Å². The Morgan fingerprint density at radius 2 is 2.13 bits per heavy atom. The van der Waals surface area contributed by atoms with Gasteiger partial charge in [-0.15, -0.1) is 0 Å². The zero-order valence-electron chi connectivity index (χ0n) is 12.8. The van der Waals surface area contributed by atoms with Crippen LogP contribution in [0, 0.1) is 5.92 Å². The van der Waals surface area contributed by atoms with E-state index in [1.54, 1.807) is 12.1 Å². The SMILES string of the molecule is NC1NC=C(c2ccc(OCC3CCOCC3)c(O)c2)C=C1Br. The third-order valence-electron chi connectivity index (χ3n) is 4.12. The predicted octanol–water partition coefficient (Wildman–Crippen LogP) is 2.71. The minimum atomic E-state index is -0.227. The summed E-state index contributed by atoms with van der Waals surface area (Å²) in [5.74, 6) is 1.16. The number of rotatable bonds is 4. The smallest absolute Gasteiger partial charge is 0.160 e. The second kappa shape index (κ2) is 7.38. The molecule has 0 aromatic heterocycles. The van der Waals surface area contributed by atoms with Crippen molar-refractivity contribution in [1.29, 1.82) is 0 Å². The van der Waals surface area contributed by atoms with Crippen molar-refractivity contribution in [2.45, 2.75) is 19.0 Å². The van der Waals surface area contributed by atoms with Crippen molar-refractivity contribution in [3.05, 3.63) is 40.5 Å². The number of benzene rings is 1. The van der Waals surface area contributed by atoms with Crippen LogP contribution in [0.25, 0.3) is 5.57 Å². The summed E-state index contributed by atoms with van der Waals surface area (Å²) in [5.41, 5.74) is 7.68. The molecule has 2 heterocycles. The lowest BCUT2D eigenvalue weighted by Crippen LogP contribution is -2.35. The van der Waals surface area contributed by atoms with Crippen LogP contribution >= 0.6 is 15.9 Å². The van der Waals surface area contributed by atoms with Crippen LogP contribution in [0.4, 0.5) is 0 Å². The molecule has 0 aliphatic carbocycles. The number of dihydropyridines is 1. The van der Waals surface area contributed by atoms with Crippen LogP contribution in [0.2, 0.25) is 0 Å². The highest BCUT2D eigenvalue weighted by Crippen LogP contribution is 2.32. The molecule has 0 saturated carbocycles. The summed E-state index contributed by atoms with van der Waals surface area (Å²) in [6.07, 6.45) is 5.58. The van der Waals surface area contributed by atoms with Crippen molar-refractivity contribution in [2.24, 2.45) is 11.7 Å². The number of phenolic OH excluding ortho intramolecular Hbond substituents is 1. The van der Waals surface area contributed by atoms with E-state index in [-0.39, 0.29) is 11.9 Å². The second-order valence-electron chi connectivity index (χ2n) is 5.82. The van der Waals surface area contributed by atoms with Crippen LogP contribution in [0.3, 0.4) is 0 Å². The van der Waals surface area contributed by atoms with Gasteiger partial charge in [0, 0.05) is 23.9 Å². The van der Waals surface area contributed by atoms with Crippen LogP contribution in [-0.2, 0) is 4.74 Å². The lowest BCUT2D eigenvalue weighted by Gasteiger charge is -2.22. The molecule has 1 saturated heterocycles. The van der Waals surface area contributed by atoms with Gasteiger partial charge in [-0.25, -0.2) is 0 Å². The highest BCUT2D eigenvalue weighted by molar-refractivity contribution is 9.11. The first-order valence-corrected chi connectivity index (χ1v) is 8.55. The molecule has 6 heteroatoms. The van der Waals surface area contributed by atoms with Gasteiger partial charge >= 0.3 is 0 Å². The van der Waals surface area contributed by atoms with Gasteiger partial charge in [0.2, 0.25) is 0 Å². The maximum absolute atomic E-state index is 10.2. The van der Waals surface area contributed by atoms with Gasteiger partial charge in [-0.05, 0) is 48.1 Å². The molecule has 124 valence electrons. The van der Waals surface area contributed by atoms with E-state index in [1.807, 2.05) is 18.3 Å². The molecule has 1 atom stereocenters. The summed E-state index contributed by atoms with van der Waals surface area (Å²) in [6.45, 7) is 2.20. The average molecular weight is 381 g/mol. The van der Waals surface area contributed by atoms with Crippen LogP contribution in [-0.4, -0.2) is 31.1 Å². The number of hydrogen-bond donors (Lipinski definition) is 3. The Labute approximate surface area is 144 Å². The minimum Gasteiger partial charge on any atom is -0.504 e. The molecule has 1 aromatic rings. The molecular weight excluding hydrogens is 360 g/mol. The molecule has 3 rings (SSSR count). The molecular formula is C17H21BrN2O3. The van der Waals surface area contributed by atoms with Crippen LogP contribution in [0.5, 0.6) is 11.5 Å². The lowest BCUT2D eigenvalue weighted by molar-refractivity contribution is 0.0494. The zero-order valence-corrected chi connectivity index (χ0v) is 14.4. The first-order chi connectivity index (χ1) is 11.1. The highest BCUT2D eigenvalue weighted by Gasteiger charge is 2.16. The fourth-order valence-corrected chi connectivity index (χ4v) is 3.02. The summed E-state index contributed by atoms with van der Waals surface area (Å²) >= 11 is 3.43. The number of aromatic hydroxyl groups is 1. The van der Waals surface area contributed by atoms with Crippen LogP contribution < -0.4 is 15.8 Å². The van der Waals surface area contributed by atoms with Crippen molar-refractivity contribution in [1.82, 2.24) is 5.32 Å². The molecule has 2 aliphatic heterocycles. The molecule has 23 heavy (non-hydrogen) atoms. The number of hydrogen-bond acceptors (Lipinski definition) is 5. The van der Waals surface area contributed by atoms with Gasteiger partial charge < -0.3 is 25.6 Å². The number of halogens is 1. The summed E-state index contributed by atoms with van der Waals surface area (Å²) in [4.78, 5) is 0. The zero-order chi connectivity index (χ0) is 16.2. The Bertz CT molecular complexity index is 624. The van der Waals surface area contributed by atoms with Crippen LogP contribution in [0.15, 0.2) is 35.0 Å². The first kappa shape index (κ1) is 16.4. The van der Waals surface area contributed by atoms with E-state index >= 15 is 0 Å². The van der Waals surface area contributed by atoms with Crippen molar-refractivity contribution in [2.75, 3.05) is 19.8 Å². The van der Waals surface area contributed by atoms with Crippen molar-refractivity contribution < 1.29 is 14.6 Å². The van der Waals surface area contributed by atoms with E-state index in [9.17, 15) is 5.11 Å². The average Bonchev–Trinajstić information content (AvgIpc) is 2.57. The lowest BCUT2D eigenvalue weighted by atomic mass is 10.0. The Morgan fingerprint density at radius 1 is 1.35 bits per heavy atom. The minimum absolute atomic E-state index is 0.148. The predicted molar refractivity (Wildman–Crippen MR) is 93.2 cm³/mol. The quantitative estimate of drug-likeness (QED) is 0.748. The molecule has 1 fully saturated rings. The number of nitrogens with one attached hydrogen (secondary N) is 1. The molecule has 2 aliphatic rings. The number of phenols is 1. The van der Waals surface area contributed by atoms with E-state index in [4.69, 9.17) is 15.2 Å². The Morgan fingerprint density at radius 3 is 2.83 bits per heavy atom. The maximum atomic E-state index is 10.2. The van der Waals surface area contributed by atoms with Crippen molar-refractivity contribution in [3.8, 4) is 11.5 Å². The van der Waals surface area contributed by atoms with E-state index in [1.165, 1.54) is 0 Å². The summed E-state index contributed by atoms with van der Waals surface area (Å²) in [7, 11) is 0. The largest absolute Gasteiger partial charge is 0.504 e. The molecule has 0 bridgehead atoms. The van der Waals surface area contributed by atoms with E-state index < -0.39 is 0 Å². The summed E-state index contributed by atoms with van der Waals surface area (Å²) in [5, 5.41) is 13.3. The molecule has 1 aromatic carbocycles. The van der Waals surface area contributed by atoms with Crippen LogP contribution in [0.1, 0.15) is 18.4 Å². The fraction of sp³-hybridized carbons (Fsp3) is 0.412. The standard InChI is InChI=1S/C17H21BrN2O3/c18-14-7-13(9-20-17(14)19)12-1-2-16(15(21)8-12)23-10-11-3-5-22-6-4-11/h1-2,7-9,11,17,20-21H,3-6,10,19H2. The van der Waals surface area contributed by atoms with Gasteiger partial charge in [-0.2, -0.15) is 0 Å². The van der Waals surface area contributed by atoms with E-state index in [2.05, 4.69) is 21.2 Å². The van der Waals surface area contributed by atoms with E-state index in [0.29, 0.717) is 18.3 Å². The Hall–Kier alpha value is -1.50. The highest BCUT2D eigenvalue weighted by atomic mass is 79.9. The van der Waals surface area contributed by atoms with Crippen molar-refractivity contribution >= 4 is 21.5 Å². The molecule has 0 spiro atoms. The molecule has 5 nitrogen and oxygen atoms in total. The first-order valence-electron chi connectivity index (χ1n) is 7.76. The van der Waals surface area contributed by atoms with Gasteiger partial charge in [0.05, 0.1) is 6.61 Å². The number of allylic oxidation sites excluding steroid dienone is 2. The van der Waals surface area contributed by atoms with E-state index in [0.717, 1.165) is 41.7 Å².